The molecule has 4 rings (SSSR count). The highest BCUT2D eigenvalue weighted by Gasteiger charge is 2.46. The zero-order valence-corrected chi connectivity index (χ0v) is 18.9. The third-order valence-corrected chi connectivity index (χ3v) is 6.08. The van der Waals surface area contributed by atoms with E-state index in [9.17, 15) is 14.0 Å². The first kappa shape index (κ1) is 22.6. The van der Waals surface area contributed by atoms with Gasteiger partial charge in [0.25, 0.3) is 0 Å². The molecule has 2 aromatic carbocycles. The van der Waals surface area contributed by atoms with E-state index in [1.165, 1.54) is 23.4 Å². The van der Waals surface area contributed by atoms with Gasteiger partial charge >= 0.3 is 0 Å². The molecule has 0 radical (unpaired) electrons. The molecular formula is C25H28FN5O2. The second-order valence-corrected chi connectivity index (χ2v) is 8.88. The van der Waals surface area contributed by atoms with Gasteiger partial charge in [-0.3, -0.25) is 9.59 Å². The second kappa shape index (κ2) is 9.52. The smallest absolute Gasteiger partial charge is 0.244 e. The summed E-state index contributed by atoms with van der Waals surface area (Å²) in [5.74, 6) is -0.499. The van der Waals surface area contributed by atoms with Crippen molar-refractivity contribution in [2.75, 3.05) is 13.1 Å². The zero-order chi connectivity index (χ0) is 23.4. The summed E-state index contributed by atoms with van der Waals surface area (Å²) in [7, 11) is 0. The lowest BCUT2D eigenvalue weighted by atomic mass is 9.78. The van der Waals surface area contributed by atoms with Crippen molar-refractivity contribution < 1.29 is 14.0 Å². The molecule has 0 spiro atoms. The summed E-state index contributed by atoms with van der Waals surface area (Å²) in [5.41, 5.74) is 1.35. The molecule has 1 aromatic heterocycles. The van der Waals surface area contributed by atoms with E-state index in [0.717, 1.165) is 11.1 Å². The SMILES string of the molecule is CC(C)NC(=O)C1(Cc2ccccc2-c2ccccc2F)CCN(C(=O)Cn2cncn2)C1. The Morgan fingerprint density at radius 3 is 2.55 bits per heavy atom. The maximum Gasteiger partial charge on any atom is 0.244 e. The van der Waals surface area contributed by atoms with Gasteiger partial charge in [-0.25, -0.2) is 14.1 Å². The number of carbonyl (C=O) groups is 2. The van der Waals surface area contributed by atoms with Crippen LogP contribution in [-0.2, 0) is 22.6 Å². The number of benzene rings is 2. The highest BCUT2D eigenvalue weighted by molar-refractivity contribution is 5.86. The first-order valence-corrected chi connectivity index (χ1v) is 11.1. The van der Waals surface area contributed by atoms with Gasteiger partial charge in [0.05, 0.1) is 5.41 Å². The first-order valence-electron chi connectivity index (χ1n) is 11.1. The summed E-state index contributed by atoms with van der Waals surface area (Å²) < 4.78 is 16.1. The fourth-order valence-corrected chi connectivity index (χ4v) is 4.44. The van der Waals surface area contributed by atoms with Crippen LogP contribution in [-0.4, -0.2) is 50.6 Å². The predicted molar refractivity (Wildman–Crippen MR) is 122 cm³/mol. The molecule has 1 aliphatic heterocycles. The van der Waals surface area contributed by atoms with Gasteiger partial charge in [-0.1, -0.05) is 42.5 Å². The van der Waals surface area contributed by atoms with Crippen molar-refractivity contribution in [2.24, 2.45) is 5.41 Å². The van der Waals surface area contributed by atoms with Crippen LogP contribution in [0.4, 0.5) is 4.39 Å². The minimum absolute atomic E-state index is 0.0314. The number of halogens is 1. The Morgan fingerprint density at radius 2 is 1.85 bits per heavy atom. The standard InChI is InChI=1S/C25H28FN5O2/c1-18(2)29-24(33)25(11-12-30(15-25)23(32)14-31-17-27-16-28-31)13-19-7-3-4-8-20(19)21-9-5-6-10-22(21)26/h3-10,16-18H,11-15H2,1-2H3,(H,29,33). The van der Waals surface area contributed by atoms with Crippen molar-refractivity contribution in [3.05, 3.63) is 72.6 Å². The molecule has 1 atom stereocenters. The summed E-state index contributed by atoms with van der Waals surface area (Å²) >= 11 is 0. The fraction of sp³-hybridized carbons (Fsp3) is 0.360. The molecule has 8 heteroatoms. The van der Waals surface area contributed by atoms with Crippen molar-refractivity contribution in [2.45, 2.75) is 39.3 Å². The number of nitrogens with one attached hydrogen (secondary N) is 1. The van der Waals surface area contributed by atoms with Gasteiger partial charge in [0.15, 0.2) is 0 Å². The van der Waals surface area contributed by atoms with Crippen LogP contribution in [0, 0.1) is 11.2 Å². The Kier molecular flexibility index (Phi) is 6.53. The van der Waals surface area contributed by atoms with Crippen LogP contribution in [0.2, 0.25) is 0 Å². The Balaban J connectivity index is 1.64. The molecule has 172 valence electrons. The van der Waals surface area contributed by atoms with Crippen LogP contribution in [0.5, 0.6) is 0 Å². The van der Waals surface area contributed by atoms with E-state index in [2.05, 4.69) is 15.4 Å². The average Bonchev–Trinajstić information content (AvgIpc) is 3.45. The highest BCUT2D eigenvalue weighted by atomic mass is 19.1. The van der Waals surface area contributed by atoms with Crippen molar-refractivity contribution in [1.82, 2.24) is 25.0 Å². The number of carbonyl (C=O) groups excluding carboxylic acids is 2. The van der Waals surface area contributed by atoms with E-state index in [1.807, 2.05) is 38.1 Å². The summed E-state index contributed by atoms with van der Waals surface area (Å²) in [6.07, 6.45) is 3.82. The van der Waals surface area contributed by atoms with Crippen LogP contribution in [0.1, 0.15) is 25.8 Å². The molecule has 0 saturated carbocycles. The molecule has 1 saturated heterocycles. The van der Waals surface area contributed by atoms with E-state index in [1.54, 1.807) is 23.1 Å². The number of likely N-dealkylation sites (tertiary alicyclic amines) is 1. The highest BCUT2D eigenvalue weighted by Crippen LogP contribution is 2.38. The molecule has 2 amide bonds. The van der Waals surface area contributed by atoms with Gasteiger partial charge in [-0.05, 0) is 43.9 Å². The molecule has 7 nitrogen and oxygen atoms in total. The van der Waals surface area contributed by atoms with Gasteiger partial charge in [0, 0.05) is 24.7 Å². The lowest BCUT2D eigenvalue weighted by molar-refractivity contribution is -0.134. The quantitative estimate of drug-likeness (QED) is 0.601. The molecule has 33 heavy (non-hydrogen) atoms. The van der Waals surface area contributed by atoms with Gasteiger partial charge in [0.2, 0.25) is 11.8 Å². The molecule has 1 fully saturated rings. The Labute approximate surface area is 192 Å². The molecule has 2 heterocycles. The van der Waals surface area contributed by atoms with E-state index >= 15 is 0 Å². The fourth-order valence-electron chi connectivity index (χ4n) is 4.44. The predicted octanol–water partition coefficient (Wildman–Crippen LogP) is 3.07. The van der Waals surface area contributed by atoms with Crippen molar-refractivity contribution in [1.29, 1.82) is 0 Å². The van der Waals surface area contributed by atoms with E-state index in [-0.39, 0.29) is 30.2 Å². The Hall–Kier alpha value is -3.55. The van der Waals surface area contributed by atoms with Crippen molar-refractivity contribution in [3.63, 3.8) is 0 Å². The van der Waals surface area contributed by atoms with Crippen LogP contribution in [0.3, 0.4) is 0 Å². The molecule has 1 aliphatic rings. The number of aromatic nitrogens is 3. The molecule has 3 aromatic rings. The van der Waals surface area contributed by atoms with Gasteiger partial charge in [-0.2, -0.15) is 5.10 Å². The first-order chi connectivity index (χ1) is 15.9. The maximum absolute atomic E-state index is 14.6. The molecule has 1 unspecified atom stereocenters. The summed E-state index contributed by atoms with van der Waals surface area (Å²) in [6, 6.07) is 14.2. The zero-order valence-electron chi connectivity index (χ0n) is 18.9. The lowest BCUT2D eigenvalue weighted by Crippen LogP contribution is -2.47. The van der Waals surface area contributed by atoms with Crippen LogP contribution in [0.25, 0.3) is 11.1 Å². The molecular weight excluding hydrogens is 421 g/mol. The monoisotopic (exact) mass is 449 g/mol. The Bertz CT molecular complexity index is 1130. The average molecular weight is 450 g/mol. The van der Waals surface area contributed by atoms with E-state index < -0.39 is 5.41 Å². The van der Waals surface area contributed by atoms with Gasteiger partial charge < -0.3 is 10.2 Å². The number of rotatable bonds is 7. The van der Waals surface area contributed by atoms with Crippen LogP contribution in [0.15, 0.2) is 61.2 Å². The minimum Gasteiger partial charge on any atom is -0.353 e. The third-order valence-electron chi connectivity index (χ3n) is 6.08. The summed E-state index contributed by atoms with van der Waals surface area (Å²) in [6.45, 7) is 4.68. The summed E-state index contributed by atoms with van der Waals surface area (Å²) in [4.78, 5) is 31.9. The van der Waals surface area contributed by atoms with Crippen LogP contribution < -0.4 is 5.32 Å². The van der Waals surface area contributed by atoms with E-state index in [4.69, 9.17) is 0 Å². The molecule has 0 aliphatic carbocycles. The number of hydrogen-bond donors (Lipinski definition) is 1. The maximum atomic E-state index is 14.6. The van der Waals surface area contributed by atoms with Crippen molar-refractivity contribution in [3.8, 4) is 11.1 Å². The minimum atomic E-state index is -0.802. The van der Waals surface area contributed by atoms with Gasteiger partial charge in [-0.15, -0.1) is 0 Å². The number of amides is 2. The topological polar surface area (TPSA) is 80.1 Å². The second-order valence-electron chi connectivity index (χ2n) is 8.88. The van der Waals surface area contributed by atoms with Crippen molar-refractivity contribution >= 4 is 11.8 Å². The summed E-state index contributed by atoms with van der Waals surface area (Å²) in [5, 5.41) is 7.05. The van der Waals surface area contributed by atoms with E-state index in [0.29, 0.717) is 31.5 Å². The molecule has 0 bridgehead atoms. The molecule has 1 N–H and O–H groups in total. The largest absolute Gasteiger partial charge is 0.353 e. The lowest BCUT2D eigenvalue weighted by Gasteiger charge is -2.30. The normalized spacial score (nSPS) is 18.0. The number of nitrogens with zero attached hydrogens (tertiary/aromatic N) is 4. The third kappa shape index (κ3) is 4.94. The number of hydrogen-bond acceptors (Lipinski definition) is 4. The van der Waals surface area contributed by atoms with Gasteiger partial charge in [0.1, 0.15) is 25.0 Å². The van der Waals surface area contributed by atoms with Crippen LogP contribution >= 0.6 is 0 Å². The Morgan fingerprint density at radius 1 is 1.12 bits per heavy atom.